The van der Waals surface area contributed by atoms with E-state index in [1.807, 2.05) is 11.0 Å². The monoisotopic (exact) mass is 551 g/mol. The molecule has 6 rings (SSSR count). The maximum absolute atomic E-state index is 13.5. The van der Waals surface area contributed by atoms with E-state index < -0.39 is 0 Å². The molecule has 4 saturated carbocycles. The Bertz CT molecular complexity index is 1070. The van der Waals surface area contributed by atoms with Crippen molar-refractivity contribution in [2.24, 2.45) is 45.1 Å². The number of rotatable bonds is 5. The van der Waals surface area contributed by atoms with Crippen molar-refractivity contribution in [1.29, 1.82) is 0 Å². The molecule has 0 bridgehead atoms. The number of hydrogen-bond donors (Lipinski definition) is 1. The van der Waals surface area contributed by atoms with E-state index in [9.17, 15) is 9.59 Å². The van der Waals surface area contributed by atoms with Crippen LogP contribution in [0.2, 0.25) is 0 Å². The van der Waals surface area contributed by atoms with Gasteiger partial charge >= 0.3 is 6.09 Å². The molecule has 5 aliphatic carbocycles. The summed E-state index contributed by atoms with van der Waals surface area (Å²) in [4.78, 5) is 33.4. The van der Waals surface area contributed by atoms with E-state index in [1.54, 1.807) is 0 Å². The molecule has 1 amide bonds. The Hall–Kier alpha value is -1.69. The third-order valence-electron chi connectivity index (χ3n) is 12.8. The second kappa shape index (κ2) is 10.5. The van der Waals surface area contributed by atoms with E-state index >= 15 is 0 Å². The van der Waals surface area contributed by atoms with Crippen LogP contribution in [-0.4, -0.2) is 47.7 Å². The Morgan fingerprint density at radius 3 is 2.52 bits per heavy atom. The Balaban J connectivity index is 1.13. The first-order chi connectivity index (χ1) is 19.0. The second-order valence-corrected chi connectivity index (χ2v) is 15.8. The van der Waals surface area contributed by atoms with Gasteiger partial charge in [0.1, 0.15) is 0 Å². The third kappa shape index (κ3) is 4.98. The summed E-state index contributed by atoms with van der Waals surface area (Å²) >= 11 is 0. The van der Waals surface area contributed by atoms with Crippen molar-refractivity contribution < 1.29 is 14.4 Å². The van der Waals surface area contributed by atoms with Crippen LogP contribution >= 0.6 is 0 Å². The van der Waals surface area contributed by atoms with Crippen molar-refractivity contribution in [2.75, 3.05) is 13.1 Å². The molecule has 0 aromatic heterocycles. The van der Waals surface area contributed by atoms with Gasteiger partial charge in [0.05, 0.1) is 5.71 Å². The van der Waals surface area contributed by atoms with Gasteiger partial charge in [-0.05, 0) is 111 Å². The number of carbonyl (C=O) groups is 2. The topological polar surface area (TPSA) is 71.0 Å². The van der Waals surface area contributed by atoms with E-state index in [0.717, 1.165) is 63.1 Å². The minimum Gasteiger partial charge on any atom is -0.312 e. The lowest BCUT2D eigenvalue weighted by atomic mass is 9.46. The average molecular weight is 552 g/mol. The fourth-order valence-electron chi connectivity index (χ4n) is 10.7. The maximum Gasteiger partial charge on any atom is 0.436 e. The first kappa shape index (κ1) is 28.4. The van der Waals surface area contributed by atoms with Gasteiger partial charge < -0.3 is 10.2 Å². The zero-order valence-electron chi connectivity index (χ0n) is 25.8. The second-order valence-electron chi connectivity index (χ2n) is 15.8. The predicted octanol–water partition coefficient (Wildman–Crippen LogP) is 7.28. The molecular formula is C34H53N3O3. The smallest absolute Gasteiger partial charge is 0.312 e. The molecule has 6 nitrogen and oxygen atoms in total. The highest BCUT2D eigenvalue weighted by atomic mass is 16.7. The molecule has 7 atom stereocenters. The van der Waals surface area contributed by atoms with E-state index in [1.165, 1.54) is 44.1 Å². The lowest BCUT2D eigenvalue weighted by Crippen LogP contribution is -2.51. The largest absolute Gasteiger partial charge is 0.436 e. The van der Waals surface area contributed by atoms with Gasteiger partial charge in [-0.25, -0.2) is 4.79 Å². The number of nitrogens with one attached hydrogen (secondary N) is 1. The van der Waals surface area contributed by atoms with E-state index in [2.05, 4.69) is 45.1 Å². The molecule has 6 heteroatoms. The molecule has 1 heterocycles. The molecule has 1 N–H and O–H groups in total. The highest BCUT2D eigenvalue weighted by molar-refractivity contribution is 5.91. The van der Waals surface area contributed by atoms with Crippen LogP contribution in [0.25, 0.3) is 0 Å². The molecule has 1 saturated heterocycles. The van der Waals surface area contributed by atoms with Crippen LogP contribution in [0.4, 0.5) is 4.79 Å². The number of ketones is 1. The van der Waals surface area contributed by atoms with Gasteiger partial charge in [0.25, 0.3) is 0 Å². The van der Waals surface area contributed by atoms with Gasteiger partial charge in [-0.1, -0.05) is 51.3 Å². The molecule has 0 aromatic carbocycles. The number of oxime groups is 1. The number of hydrogen-bond acceptors (Lipinski definition) is 5. The Kier molecular flexibility index (Phi) is 7.49. The van der Waals surface area contributed by atoms with Gasteiger partial charge in [-0.15, -0.1) is 0 Å². The minimum atomic E-state index is -0.257. The molecular weight excluding hydrogens is 498 g/mol. The standard InChI is InChI=1S/C34H53N3O3/c1-22(36-40-31(39)37(25-8-6-7-9-25)20-24-19-32(2,3)21-35-24)28-12-13-29-27-11-10-23-18-26(38)14-16-33(23,4)30(27)15-17-34(28,29)5/h18,24-25,27-30,35H,6-17,19-21H2,1-5H3/b36-22+/t24?,27-,28+,29-,30-,33-,34+/m0/s1. The highest BCUT2D eigenvalue weighted by Crippen LogP contribution is 2.66. The number of nitrogens with zero attached hydrogens (tertiary/aromatic N) is 2. The summed E-state index contributed by atoms with van der Waals surface area (Å²) in [7, 11) is 0. The van der Waals surface area contributed by atoms with E-state index in [0.29, 0.717) is 36.1 Å². The maximum atomic E-state index is 13.5. The highest BCUT2D eigenvalue weighted by Gasteiger charge is 2.59. The molecule has 0 radical (unpaired) electrons. The molecule has 222 valence electrons. The molecule has 5 fully saturated rings. The lowest BCUT2D eigenvalue weighted by Gasteiger charge is -2.58. The predicted molar refractivity (Wildman–Crippen MR) is 159 cm³/mol. The van der Waals surface area contributed by atoms with Crippen molar-refractivity contribution >= 4 is 17.6 Å². The van der Waals surface area contributed by atoms with Gasteiger partial charge in [0, 0.05) is 37.5 Å². The molecule has 0 aromatic rings. The van der Waals surface area contributed by atoms with Crippen molar-refractivity contribution in [1.82, 2.24) is 10.2 Å². The van der Waals surface area contributed by atoms with Crippen molar-refractivity contribution in [3.63, 3.8) is 0 Å². The van der Waals surface area contributed by atoms with E-state index in [4.69, 9.17) is 4.84 Å². The Morgan fingerprint density at radius 2 is 1.80 bits per heavy atom. The lowest BCUT2D eigenvalue weighted by molar-refractivity contribution is -0.117. The first-order valence-electron chi connectivity index (χ1n) is 16.5. The Labute approximate surface area is 242 Å². The van der Waals surface area contributed by atoms with Crippen LogP contribution < -0.4 is 5.32 Å². The molecule has 1 aliphatic heterocycles. The summed E-state index contributed by atoms with van der Waals surface area (Å²) in [6.45, 7) is 13.4. The summed E-state index contributed by atoms with van der Waals surface area (Å²) in [5.74, 6) is 2.84. The van der Waals surface area contributed by atoms with Gasteiger partial charge in [0.2, 0.25) is 0 Å². The summed E-state index contributed by atoms with van der Waals surface area (Å²) in [6.07, 6.45) is 16.3. The first-order valence-corrected chi connectivity index (χ1v) is 16.5. The fourth-order valence-corrected chi connectivity index (χ4v) is 10.7. The quantitative estimate of drug-likeness (QED) is 0.221. The average Bonchev–Trinajstić information content (AvgIpc) is 3.64. The fraction of sp³-hybridized carbons (Fsp3) is 0.853. The zero-order chi connectivity index (χ0) is 28.3. The summed E-state index contributed by atoms with van der Waals surface area (Å²) in [5.41, 5.74) is 3.15. The van der Waals surface area contributed by atoms with Crippen LogP contribution in [0.15, 0.2) is 16.8 Å². The van der Waals surface area contributed by atoms with Crippen LogP contribution in [0.1, 0.15) is 118 Å². The van der Waals surface area contributed by atoms with Gasteiger partial charge in [-0.2, -0.15) is 0 Å². The normalized spacial score (nSPS) is 41.2. The molecule has 40 heavy (non-hydrogen) atoms. The number of fused-ring (bicyclic) bond motifs is 5. The summed E-state index contributed by atoms with van der Waals surface area (Å²) < 4.78 is 0. The third-order valence-corrected chi connectivity index (χ3v) is 12.8. The molecule has 0 spiro atoms. The van der Waals surface area contributed by atoms with Crippen molar-refractivity contribution in [3.05, 3.63) is 11.6 Å². The number of carbonyl (C=O) groups excluding carboxylic acids is 2. The number of amides is 1. The van der Waals surface area contributed by atoms with Crippen molar-refractivity contribution in [2.45, 2.75) is 130 Å². The van der Waals surface area contributed by atoms with Gasteiger partial charge in [0.15, 0.2) is 5.78 Å². The zero-order valence-corrected chi connectivity index (χ0v) is 25.8. The Morgan fingerprint density at radius 1 is 1.02 bits per heavy atom. The summed E-state index contributed by atoms with van der Waals surface area (Å²) in [5, 5.41) is 8.23. The number of allylic oxidation sites excluding steroid dienone is 1. The van der Waals surface area contributed by atoms with Crippen LogP contribution in [0.3, 0.4) is 0 Å². The van der Waals surface area contributed by atoms with Crippen LogP contribution in [-0.2, 0) is 9.63 Å². The minimum absolute atomic E-state index is 0.210. The SMILES string of the molecule is C/C(=N\OC(=O)N(CC1CC(C)(C)CN1)C1CCCC1)[C@H]1CC[C@H]2[C@@H]3CCC4=CC(=O)CC[C@]4(C)[C@H]3CC[C@]12C. The van der Waals surface area contributed by atoms with Crippen molar-refractivity contribution in [3.8, 4) is 0 Å². The van der Waals surface area contributed by atoms with Crippen LogP contribution in [0.5, 0.6) is 0 Å². The summed E-state index contributed by atoms with van der Waals surface area (Å²) in [6, 6.07) is 0.603. The molecule has 6 aliphatic rings. The molecule has 1 unspecified atom stereocenters. The van der Waals surface area contributed by atoms with Gasteiger partial charge in [-0.3, -0.25) is 9.63 Å². The van der Waals surface area contributed by atoms with Crippen LogP contribution in [0, 0.1) is 39.9 Å². The van der Waals surface area contributed by atoms with E-state index in [-0.39, 0.29) is 28.4 Å².